The van der Waals surface area contributed by atoms with Crippen LogP contribution in [-0.4, -0.2) is 37.0 Å². The molecule has 6 heteroatoms. The number of amides is 2. The molecule has 1 aliphatic heterocycles. The van der Waals surface area contributed by atoms with Crippen molar-refractivity contribution < 1.29 is 19.6 Å². The second-order valence-corrected chi connectivity index (χ2v) is 6.31. The molecule has 1 aromatic rings. The van der Waals surface area contributed by atoms with Crippen molar-refractivity contribution in [2.75, 3.05) is 12.4 Å². The van der Waals surface area contributed by atoms with Gasteiger partial charge in [-0.1, -0.05) is 18.6 Å². The number of benzene rings is 1. The van der Waals surface area contributed by atoms with Crippen LogP contribution in [0.2, 0.25) is 0 Å². The van der Waals surface area contributed by atoms with Gasteiger partial charge in [0.15, 0.2) is 6.04 Å². The molecule has 1 aromatic carbocycles. The van der Waals surface area contributed by atoms with Crippen LogP contribution in [0.4, 0.5) is 5.69 Å². The van der Waals surface area contributed by atoms with Crippen molar-refractivity contribution in [3.8, 4) is 5.75 Å². The van der Waals surface area contributed by atoms with Crippen LogP contribution in [0.25, 0.3) is 0 Å². The summed E-state index contributed by atoms with van der Waals surface area (Å²) in [5.74, 6) is 0.425. The lowest BCUT2D eigenvalue weighted by molar-refractivity contribution is -0.718. The molecule has 0 radical (unpaired) electrons. The molecule has 1 aliphatic carbocycles. The van der Waals surface area contributed by atoms with Crippen molar-refractivity contribution in [2.45, 2.75) is 50.2 Å². The molecule has 0 unspecified atom stereocenters. The van der Waals surface area contributed by atoms with Crippen molar-refractivity contribution in [3.05, 3.63) is 24.3 Å². The molecule has 2 amide bonds. The number of carbonyl (C=O) groups excluding carboxylic acids is 2. The largest absolute Gasteiger partial charge is 0.495 e. The molecular formula is C17H24N3O3+. The summed E-state index contributed by atoms with van der Waals surface area (Å²) in [5.41, 5.74) is 0.631. The molecule has 0 aromatic heterocycles. The number of piperazine rings is 1. The number of rotatable bonds is 4. The number of nitrogens with two attached hydrogens (primary N) is 1. The second-order valence-electron chi connectivity index (χ2n) is 6.31. The van der Waals surface area contributed by atoms with Gasteiger partial charge in [-0.2, -0.15) is 0 Å². The Balaban J connectivity index is 1.60. The predicted molar refractivity (Wildman–Crippen MR) is 86.1 cm³/mol. The SMILES string of the molecule is COc1ccccc1NC(=O)C[C@@H]1[NH2+][C@@H]2CCCC[C@@H]2NC1=O. The number of anilines is 1. The number of carbonyl (C=O) groups is 2. The maximum atomic E-state index is 12.3. The number of nitrogens with one attached hydrogen (secondary N) is 2. The van der Waals surface area contributed by atoms with Crippen molar-refractivity contribution >= 4 is 17.5 Å². The molecule has 4 N–H and O–H groups in total. The van der Waals surface area contributed by atoms with Crippen LogP contribution < -0.4 is 20.7 Å². The lowest BCUT2D eigenvalue weighted by Gasteiger charge is -2.37. The highest BCUT2D eigenvalue weighted by Gasteiger charge is 2.40. The molecule has 3 rings (SSSR count). The quantitative estimate of drug-likeness (QED) is 0.751. The molecule has 1 heterocycles. The van der Waals surface area contributed by atoms with E-state index in [1.807, 2.05) is 12.1 Å². The lowest BCUT2D eigenvalue weighted by Crippen LogP contribution is -3.03. The summed E-state index contributed by atoms with van der Waals surface area (Å²) >= 11 is 0. The lowest BCUT2D eigenvalue weighted by atomic mass is 9.87. The van der Waals surface area contributed by atoms with Crippen LogP contribution >= 0.6 is 0 Å². The number of methoxy groups -OCH3 is 1. The van der Waals surface area contributed by atoms with Gasteiger partial charge >= 0.3 is 0 Å². The Morgan fingerprint density at radius 3 is 2.96 bits per heavy atom. The van der Waals surface area contributed by atoms with E-state index in [9.17, 15) is 9.59 Å². The van der Waals surface area contributed by atoms with Gasteiger partial charge in [0.2, 0.25) is 5.91 Å². The molecule has 1 saturated carbocycles. The Kier molecular flexibility index (Phi) is 4.81. The topological polar surface area (TPSA) is 84.0 Å². The second kappa shape index (κ2) is 7.00. The fourth-order valence-electron chi connectivity index (χ4n) is 3.55. The van der Waals surface area contributed by atoms with Crippen LogP contribution in [0.15, 0.2) is 24.3 Å². The molecule has 2 fully saturated rings. The first-order valence-electron chi connectivity index (χ1n) is 8.25. The summed E-state index contributed by atoms with van der Waals surface area (Å²) in [6, 6.07) is 7.60. The molecule has 23 heavy (non-hydrogen) atoms. The van der Waals surface area contributed by atoms with E-state index in [1.54, 1.807) is 19.2 Å². The van der Waals surface area contributed by atoms with Crippen LogP contribution in [0.5, 0.6) is 5.75 Å². The minimum Gasteiger partial charge on any atom is -0.495 e. The zero-order valence-electron chi connectivity index (χ0n) is 13.4. The van der Waals surface area contributed by atoms with Crippen molar-refractivity contribution in [1.82, 2.24) is 5.32 Å². The number of quaternary nitrogens is 1. The fraction of sp³-hybridized carbons (Fsp3) is 0.529. The Morgan fingerprint density at radius 2 is 2.13 bits per heavy atom. The van der Waals surface area contributed by atoms with E-state index in [1.165, 1.54) is 12.8 Å². The molecule has 0 spiro atoms. The van der Waals surface area contributed by atoms with E-state index >= 15 is 0 Å². The predicted octanol–water partition coefficient (Wildman–Crippen LogP) is 0.397. The van der Waals surface area contributed by atoms with E-state index < -0.39 is 0 Å². The maximum absolute atomic E-state index is 12.3. The minimum absolute atomic E-state index is 0.0247. The zero-order valence-corrected chi connectivity index (χ0v) is 13.4. The maximum Gasteiger partial charge on any atom is 0.279 e. The third kappa shape index (κ3) is 3.64. The number of fused-ring (bicyclic) bond motifs is 1. The van der Waals surface area contributed by atoms with Crippen LogP contribution in [0.1, 0.15) is 32.1 Å². The van der Waals surface area contributed by atoms with Crippen LogP contribution in [0.3, 0.4) is 0 Å². The first kappa shape index (κ1) is 15.8. The zero-order chi connectivity index (χ0) is 16.2. The standard InChI is InChI=1S/C17H23N3O3/c1-23-15-9-5-4-8-13(15)19-16(21)10-14-17(22)20-12-7-3-2-6-11(12)18-14/h4-5,8-9,11-12,14,18H,2-3,6-7,10H2,1H3,(H,19,21)(H,20,22)/p+1/t11-,12+,14+/m1/s1. The third-order valence-electron chi connectivity index (χ3n) is 4.75. The third-order valence-corrected chi connectivity index (χ3v) is 4.75. The summed E-state index contributed by atoms with van der Waals surface area (Å²) in [6.45, 7) is 0. The fourth-order valence-corrected chi connectivity index (χ4v) is 3.55. The van der Waals surface area contributed by atoms with Crippen molar-refractivity contribution in [1.29, 1.82) is 0 Å². The molecule has 1 saturated heterocycles. The number of hydrogen-bond donors (Lipinski definition) is 3. The van der Waals surface area contributed by atoms with E-state index in [4.69, 9.17) is 4.74 Å². The summed E-state index contributed by atoms with van der Waals surface area (Å²) in [4.78, 5) is 24.5. The monoisotopic (exact) mass is 318 g/mol. The van der Waals surface area contributed by atoms with Gasteiger partial charge in [-0.25, -0.2) is 0 Å². The number of ether oxygens (including phenoxy) is 1. The summed E-state index contributed by atoms with van der Waals surface area (Å²) < 4.78 is 5.23. The Morgan fingerprint density at radius 1 is 1.35 bits per heavy atom. The number of para-hydroxylation sites is 2. The van der Waals surface area contributed by atoms with E-state index in [0.717, 1.165) is 12.8 Å². The summed E-state index contributed by atoms with van der Waals surface area (Å²) in [5, 5.41) is 8.01. The first-order chi connectivity index (χ1) is 11.2. The molecular weight excluding hydrogens is 294 g/mol. The normalized spacial score (nSPS) is 26.8. The smallest absolute Gasteiger partial charge is 0.279 e. The van der Waals surface area contributed by atoms with Gasteiger partial charge in [0, 0.05) is 6.42 Å². The average molecular weight is 318 g/mol. The van der Waals surface area contributed by atoms with E-state index in [2.05, 4.69) is 16.0 Å². The van der Waals surface area contributed by atoms with Gasteiger partial charge in [0.1, 0.15) is 11.8 Å². The molecule has 124 valence electrons. The van der Waals surface area contributed by atoms with Crippen molar-refractivity contribution in [3.63, 3.8) is 0 Å². The first-order valence-corrected chi connectivity index (χ1v) is 8.25. The van der Waals surface area contributed by atoms with Gasteiger partial charge in [0.05, 0.1) is 25.3 Å². The Bertz CT molecular complexity index is 590. The van der Waals surface area contributed by atoms with Gasteiger partial charge in [-0.3, -0.25) is 9.59 Å². The molecule has 3 atom stereocenters. The highest BCUT2D eigenvalue weighted by atomic mass is 16.5. The highest BCUT2D eigenvalue weighted by Crippen LogP contribution is 2.23. The molecule has 0 bridgehead atoms. The molecule has 6 nitrogen and oxygen atoms in total. The minimum atomic E-state index is -0.343. The van der Waals surface area contributed by atoms with Crippen molar-refractivity contribution in [2.24, 2.45) is 0 Å². The van der Waals surface area contributed by atoms with Gasteiger partial charge in [-0.15, -0.1) is 0 Å². The van der Waals surface area contributed by atoms with E-state index in [-0.39, 0.29) is 30.3 Å². The number of hydrogen-bond acceptors (Lipinski definition) is 3. The Hall–Kier alpha value is -2.08. The average Bonchev–Trinajstić information content (AvgIpc) is 2.56. The molecule has 2 aliphatic rings. The van der Waals surface area contributed by atoms with Gasteiger partial charge < -0.3 is 20.7 Å². The summed E-state index contributed by atoms with van der Waals surface area (Å²) in [7, 11) is 1.57. The van der Waals surface area contributed by atoms with Crippen LogP contribution in [0, 0.1) is 0 Å². The highest BCUT2D eigenvalue weighted by molar-refractivity contribution is 5.96. The van der Waals surface area contributed by atoms with Gasteiger partial charge in [-0.05, 0) is 25.0 Å². The van der Waals surface area contributed by atoms with Crippen LogP contribution in [-0.2, 0) is 9.59 Å². The Labute approximate surface area is 136 Å². The van der Waals surface area contributed by atoms with E-state index in [0.29, 0.717) is 17.5 Å². The summed E-state index contributed by atoms with van der Waals surface area (Å²) in [6.07, 6.45) is 4.71. The van der Waals surface area contributed by atoms with Gasteiger partial charge in [0.25, 0.3) is 5.91 Å².